The molecule has 4 heteroatoms. The summed E-state index contributed by atoms with van der Waals surface area (Å²) in [4.78, 5) is 0. The number of hydrogen-bond acceptors (Lipinski definition) is 0. The molecule has 0 atom stereocenters. The smallest absolute Gasteiger partial charge is 1.00 e. The minimum Gasteiger partial charge on any atom is -1.00 e. The molecule has 0 saturated carbocycles. The third-order valence-electron chi connectivity index (χ3n) is 0.957. The van der Waals surface area contributed by atoms with Crippen molar-refractivity contribution in [2.75, 3.05) is 0 Å². The fourth-order valence-corrected chi connectivity index (χ4v) is 0.500. The largest absolute Gasteiger partial charge is 3.00 e. The average molecular weight is 353 g/mol. The van der Waals surface area contributed by atoms with Gasteiger partial charge in [-0.2, -0.15) is 0 Å². The topological polar surface area (TPSA) is 0 Å². The van der Waals surface area contributed by atoms with E-state index < -0.39 is 0 Å². The van der Waals surface area contributed by atoms with Crippen LogP contribution in [0.1, 0.15) is 39.5 Å². The van der Waals surface area contributed by atoms with Crippen molar-refractivity contribution in [3.05, 3.63) is 0 Å². The van der Waals surface area contributed by atoms with Gasteiger partial charge in [0, 0.05) is 0 Å². The Kier molecular flexibility index (Phi) is 90.7. The number of unbranched alkanes of at least 4 members (excludes halogenated alkanes) is 3. The molecule has 0 unspecified atom stereocenters. The van der Waals surface area contributed by atoms with E-state index in [4.69, 9.17) is 0 Å². The molecule has 0 rings (SSSR count). The molecule has 0 aliphatic heterocycles. The summed E-state index contributed by atoms with van der Waals surface area (Å²) < 4.78 is 0. The van der Waals surface area contributed by atoms with Crippen molar-refractivity contribution in [1.82, 2.24) is 0 Å². The van der Waals surface area contributed by atoms with E-state index in [0.717, 1.165) is 0 Å². The summed E-state index contributed by atoms with van der Waals surface area (Å²) in [5.41, 5.74) is 0. The SMILES string of the molecule is CCCCCC.[Al+3].[Br-].[Br-].[Br-]. The zero-order valence-electron chi connectivity index (χ0n) is 6.54. The van der Waals surface area contributed by atoms with Gasteiger partial charge in [-0.3, -0.25) is 0 Å². The molecule has 0 aromatic carbocycles. The van der Waals surface area contributed by atoms with Gasteiger partial charge in [0.2, 0.25) is 0 Å². The van der Waals surface area contributed by atoms with E-state index in [-0.39, 0.29) is 68.3 Å². The van der Waals surface area contributed by atoms with Gasteiger partial charge in [0.1, 0.15) is 0 Å². The Labute approximate surface area is 107 Å². The van der Waals surface area contributed by atoms with Gasteiger partial charge in [-0.1, -0.05) is 39.5 Å². The van der Waals surface area contributed by atoms with Gasteiger partial charge in [-0.25, -0.2) is 0 Å². The van der Waals surface area contributed by atoms with Crippen LogP contribution in [-0.2, 0) is 0 Å². The maximum absolute atomic E-state index is 2.23. The second kappa shape index (κ2) is 30.6. The van der Waals surface area contributed by atoms with Crippen LogP contribution >= 0.6 is 0 Å². The monoisotopic (exact) mass is 350 g/mol. The van der Waals surface area contributed by atoms with Crippen molar-refractivity contribution in [2.45, 2.75) is 39.5 Å². The number of rotatable bonds is 3. The van der Waals surface area contributed by atoms with Crippen LogP contribution in [0, 0.1) is 0 Å². The van der Waals surface area contributed by atoms with Crippen molar-refractivity contribution in [3.63, 3.8) is 0 Å². The van der Waals surface area contributed by atoms with Crippen LogP contribution in [0.5, 0.6) is 0 Å². The average Bonchev–Trinajstić information content (AvgIpc) is 1.61. The number of hydrogen-bond donors (Lipinski definition) is 0. The van der Waals surface area contributed by atoms with Crippen molar-refractivity contribution in [1.29, 1.82) is 0 Å². The molecule has 0 aliphatic rings. The molecular weight excluding hydrogens is 339 g/mol. The molecule has 0 saturated heterocycles. The quantitative estimate of drug-likeness (QED) is 0.350. The first-order valence-corrected chi connectivity index (χ1v) is 2.91. The van der Waals surface area contributed by atoms with E-state index in [2.05, 4.69) is 13.8 Å². The van der Waals surface area contributed by atoms with Crippen molar-refractivity contribution >= 4 is 17.4 Å². The summed E-state index contributed by atoms with van der Waals surface area (Å²) >= 11 is 0. The van der Waals surface area contributed by atoms with Crippen LogP contribution < -0.4 is 50.9 Å². The van der Waals surface area contributed by atoms with E-state index in [9.17, 15) is 0 Å². The van der Waals surface area contributed by atoms with Gasteiger partial charge in [0.05, 0.1) is 0 Å². The number of halogens is 3. The first-order valence-electron chi connectivity index (χ1n) is 2.91. The Morgan fingerprint density at radius 3 is 1.00 bits per heavy atom. The van der Waals surface area contributed by atoms with Gasteiger partial charge in [0.25, 0.3) is 0 Å². The Morgan fingerprint density at radius 1 is 0.700 bits per heavy atom. The molecule has 0 aromatic rings. The summed E-state index contributed by atoms with van der Waals surface area (Å²) in [6, 6.07) is 0. The third kappa shape index (κ3) is 32.5. The Balaban J connectivity index is -0.0000000208. The van der Waals surface area contributed by atoms with Crippen LogP contribution in [0.2, 0.25) is 0 Å². The predicted molar refractivity (Wildman–Crippen MR) is 35.6 cm³/mol. The van der Waals surface area contributed by atoms with Crippen molar-refractivity contribution in [3.8, 4) is 0 Å². The molecule has 0 fully saturated rings. The van der Waals surface area contributed by atoms with Gasteiger partial charge in [0.15, 0.2) is 0 Å². The summed E-state index contributed by atoms with van der Waals surface area (Å²) in [6.45, 7) is 4.46. The second-order valence-corrected chi connectivity index (χ2v) is 1.71. The third-order valence-corrected chi connectivity index (χ3v) is 0.957. The summed E-state index contributed by atoms with van der Waals surface area (Å²) in [5, 5.41) is 0. The van der Waals surface area contributed by atoms with Gasteiger partial charge >= 0.3 is 17.4 Å². The zero-order chi connectivity index (χ0) is 4.83. The normalized spacial score (nSPS) is 5.40. The molecule has 0 radical (unpaired) electrons. The first kappa shape index (κ1) is 29.6. The Morgan fingerprint density at radius 2 is 0.900 bits per heavy atom. The molecule has 10 heavy (non-hydrogen) atoms. The summed E-state index contributed by atoms with van der Waals surface area (Å²) in [6.07, 6.45) is 5.54. The van der Waals surface area contributed by atoms with E-state index >= 15 is 0 Å². The Bertz CT molecular complexity index is 25.0. The van der Waals surface area contributed by atoms with Crippen LogP contribution in [0.15, 0.2) is 0 Å². The van der Waals surface area contributed by atoms with Gasteiger partial charge in [-0.15, -0.1) is 0 Å². The maximum Gasteiger partial charge on any atom is 3.00 e. The fraction of sp³-hybridized carbons (Fsp3) is 1.00. The molecular formula is C6H14AlBr3. The first-order chi connectivity index (χ1) is 2.91. The van der Waals surface area contributed by atoms with Crippen LogP contribution in [-0.4, -0.2) is 17.4 Å². The standard InChI is InChI=1S/C6H14.Al.3BrH/c1-3-5-6-4-2;;;;/h3-6H2,1-2H3;;3*1H/q;+3;;;/p-3. The van der Waals surface area contributed by atoms with E-state index in [0.29, 0.717) is 0 Å². The van der Waals surface area contributed by atoms with Crippen molar-refractivity contribution < 1.29 is 50.9 Å². The Hall–Kier alpha value is 1.97. The molecule has 0 nitrogen and oxygen atoms in total. The molecule has 0 N–H and O–H groups in total. The molecule has 0 aromatic heterocycles. The molecule has 0 aliphatic carbocycles. The van der Waals surface area contributed by atoms with Crippen LogP contribution in [0.25, 0.3) is 0 Å². The predicted octanol–water partition coefficient (Wildman–Crippen LogP) is -6.78. The van der Waals surface area contributed by atoms with E-state index in [1.807, 2.05) is 0 Å². The van der Waals surface area contributed by atoms with E-state index in [1.54, 1.807) is 0 Å². The van der Waals surface area contributed by atoms with Crippen LogP contribution in [0.3, 0.4) is 0 Å². The van der Waals surface area contributed by atoms with Gasteiger partial charge < -0.3 is 50.9 Å². The van der Waals surface area contributed by atoms with Gasteiger partial charge in [-0.05, 0) is 0 Å². The second-order valence-electron chi connectivity index (χ2n) is 1.71. The minimum absolute atomic E-state index is 0. The summed E-state index contributed by atoms with van der Waals surface area (Å²) in [7, 11) is 0. The zero-order valence-corrected chi connectivity index (χ0v) is 12.5. The molecule has 0 spiro atoms. The molecule has 62 valence electrons. The summed E-state index contributed by atoms with van der Waals surface area (Å²) in [5.74, 6) is 0. The van der Waals surface area contributed by atoms with Crippen LogP contribution in [0.4, 0.5) is 0 Å². The maximum atomic E-state index is 2.23. The molecule has 0 bridgehead atoms. The molecule has 0 amide bonds. The minimum atomic E-state index is 0. The van der Waals surface area contributed by atoms with Crippen molar-refractivity contribution in [2.24, 2.45) is 0 Å². The molecule has 0 heterocycles. The fourth-order valence-electron chi connectivity index (χ4n) is 0.500. The van der Waals surface area contributed by atoms with E-state index in [1.165, 1.54) is 25.7 Å².